The molecule has 1 aromatic rings. The van der Waals surface area contributed by atoms with Gasteiger partial charge in [0.25, 0.3) is 0 Å². The topological polar surface area (TPSA) is 89.3 Å². The zero-order chi connectivity index (χ0) is 16.2. The Bertz CT molecular complexity index is 579. The Morgan fingerprint density at radius 3 is 2.10 bits per heavy atom. The summed E-state index contributed by atoms with van der Waals surface area (Å²) in [4.78, 5) is 12.4. The number of amides is 1. The molecular weight excluding hydrogens is 288 g/mol. The minimum absolute atomic E-state index is 0.0767. The standard InChI is InChI=1S/C15H24N2O3S/c1-10(2)14(9-16)15(18)17-11(3)12-5-7-13(8-6-12)21(4,19)20/h5-8,10-11,14H,9,16H2,1-4H3,(H,17,18). The molecule has 0 aliphatic carbocycles. The van der Waals surface area contributed by atoms with Gasteiger partial charge in [0.05, 0.1) is 16.9 Å². The van der Waals surface area contributed by atoms with E-state index in [0.29, 0.717) is 6.54 Å². The third-order valence-electron chi connectivity index (χ3n) is 3.56. The first-order chi connectivity index (χ1) is 9.66. The molecule has 6 heteroatoms. The smallest absolute Gasteiger partial charge is 0.225 e. The fourth-order valence-electron chi connectivity index (χ4n) is 2.09. The molecule has 0 radical (unpaired) electrons. The number of carbonyl (C=O) groups excluding carboxylic acids is 1. The van der Waals surface area contributed by atoms with Crippen molar-refractivity contribution >= 4 is 15.7 Å². The summed E-state index contributed by atoms with van der Waals surface area (Å²) in [5.41, 5.74) is 6.49. The van der Waals surface area contributed by atoms with Gasteiger partial charge in [-0.25, -0.2) is 8.42 Å². The van der Waals surface area contributed by atoms with Gasteiger partial charge in [0.1, 0.15) is 0 Å². The second kappa shape index (κ2) is 7.04. The third-order valence-corrected chi connectivity index (χ3v) is 4.69. The SMILES string of the molecule is CC(NC(=O)C(CN)C(C)C)c1ccc(S(C)(=O)=O)cc1. The minimum atomic E-state index is -3.20. The summed E-state index contributed by atoms with van der Waals surface area (Å²) >= 11 is 0. The molecule has 0 saturated heterocycles. The average Bonchev–Trinajstić information content (AvgIpc) is 2.38. The second-order valence-electron chi connectivity index (χ2n) is 5.66. The second-order valence-corrected chi connectivity index (χ2v) is 7.67. The number of hydrogen-bond acceptors (Lipinski definition) is 4. The molecule has 0 aromatic heterocycles. The number of nitrogens with one attached hydrogen (secondary N) is 1. The molecule has 1 amide bonds. The fourth-order valence-corrected chi connectivity index (χ4v) is 2.72. The van der Waals surface area contributed by atoms with Crippen molar-refractivity contribution in [3.05, 3.63) is 29.8 Å². The maximum absolute atomic E-state index is 12.1. The van der Waals surface area contributed by atoms with Crippen LogP contribution in [-0.4, -0.2) is 27.1 Å². The van der Waals surface area contributed by atoms with E-state index >= 15 is 0 Å². The van der Waals surface area contributed by atoms with Crippen LogP contribution in [0.2, 0.25) is 0 Å². The largest absolute Gasteiger partial charge is 0.349 e. The van der Waals surface area contributed by atoms with Crippen LogP contribution in [0.5, 0.6) is 0 Å². The van der Waals surface area contributed by atoms with E-state index in [0.717, 1.165) is 5.56 Å². The van der Waals surface area contributed by atoms with Crippen molar-refractivity contribution in [3.63, 3.8) is 0 Å². The molecular formula is C15H24N2O3S. The summed E-state index contributed by atoms with van der Waals surface area (Å²) in [5.74, 6) is -0.121. The Labute approximate surface area is 126 Å². The summed E-state index contributed by atoms with van der Waals surface area (Å²) in [6.45, 7) is 6.09. The van der Waals surface area contributed by atoms with Crippen LogP contribution in [0, 0.1) is 11.8 Å². The zero-order valence-electron chi connectivity index (χ0n) is 13.0. The van der Waals surface area contributed by atoms with Gasteiger partial charge in [0, 0.05) is 12.8 Å². The molecule has 21 heavy (non-hydrogen) atoms. The van der Waals surface area contributed by atoms with Crippen molar-refractivity contribution in [1.29, 1.82) is 0 Å². The van der Waals surface area contributed by atoms with Crippen molar-refractivity contribution < 1.29 is 13.2 Å². The van der Waals surface area contributed by atoms with Crippen LogP contribution >= 0.6 is 0 Å². The molecule has 0 saturated carbocycles. The van der Waals surface area contributed by atoms with Gasteiger partial charge in [-0.05, 0) is 30.5 Å². The van der Waals surface area contributed by atoms with Crippen LogP contribution in [0.1, 0.15) is 32.4 Å². The summed E-state index contributed by atoms with van der Waals surface area (Å²) in [6.07, 6.45) is 1.17. The Morgan fingerprint density at radius 2 is 1.71 bits per heavy atom. The highest BCUT2D eigenvalue weighted by atomic mass is 32.2. The van der Waals surface area contributed by atoms with Crippen molar-refractivity contribution in [2.45, 2.75) is 31.7 Å². The van der Waals surface area contributed by atoms with E-state index in [2.05, 4.69) is 5.32 Å². The van der Waals surface area contributed by atoms with Gasteiger partial charge in [-0.15, -0.1) is 0 Å². The molecule has 0 spiro atoms. The van der Waals surface area contributed by atoms with Gasteiger partial charge in [-0.3, -0.25) is 4.79 Å². The summed E-state index contributed by atoms with van der Waals surface area (Å²) < 4.78 is 22.8. The molecule has 0 heterocycles. The first-order valence-electron chi connectivity index (χ1n) is 6.97. The maximum Gasteiger partial charge on any atom is 0.225 e. The van der Waals surface area contributed by atoms with Crippen LogP contribution in [0.25, 0.3) is 0 Å². The van der Waals surface area contributed by atoms with Crippen LogP contribution < -0.4 is 11.1 Å². The highest BCUT2D eigenvalue weighted by Crippen LogP contribution is 2.18. The lowest BCUT2D eigenvalue weighted by molar-refractivity contribution is -0.126. The summed E-state index contributed by atoms with van der Waals surface area (Å²) in [6, 6.07) is 6.34. The van der Waals surface area contributed by atoms with Crippen LogP contribution in [0.4, 0.5) is 0 Å². The van der Waals surface area contributed by atoms with E-state index in [4.69, 9.17) is 5.73 Å². The van der Waals surface area contributed by atoms with E-state index in [9.17, 15) is 13.2 Å². The molecule has 2 unspecified atom stereocenters. The molecule has 0 aliphatic rings. The van der Waals surface area contributed by atoms with Crippen LogP contribution in [0.3, 0.4) is 0 Å². The Balaban J connectivity index is 2.80. The van der Waals surface area contributed by atoms with Crippen molar-refractivity contribution in [1.82, 2.24) is 5.32 Å². The third kappa shape index (κ3) is 4.82. The lowest BCUT2D eigenvalue weighted by Gasteiger charge is -2.22. The number of hydrogen-bond donors (Lipinski definition) is 2. The van der Waals surface area contributed by atoms with Gasteiger partial charge < -0.3 is 11.1 Å². The molecule has 0 bridgehead atoms. The van der Waals surface area contributed by atoms with Crippen LogP contribution in [0.15, 0.2) is 29.2 Å². The molecule has 0 fully saturated rings. The molecule has 0 aliphatic heterocycles. The number of rotatable bonds is 6. The number of nitrogens with two attached hydrogens (primary N) is 1. The molecule has 1 aromatic carbocycles. The van der Waals surface area contributed by atoms with E-state index in [1.165, 1.54) is 6.26 Å². The summed E-state index contributed by atoms with van der Waals surface area (Å²) in [7, 11) is -3.20. The Hall–Kier alpha value is -1.40. The fraction of sp³-hybridized carbons (Fsp3) is 0.533. The quantitative estimate of drug-likeness (QED) is 0.833. The number of carbonyl (C=O) groups is 1. The average molecular weight is 312 g/mol. The molecule has 5 nitrogen and oxygen atoms in total. The van der Waals surface area contributed by atoms with Gasteiger partial charge >= 0.3 is 0 Å². The first-order valence-corrected chi connectivity index (χ1v) is 8.86. The highest BCUT2D eigenvalue weighted by molar-refractivity contribution is 7.90. The van der Waals surface area contributed by atoms with E-state index in [-0.39, 0.29) is 28.7 Å². The Kier molecular flexibility index (Phi) is 5.92. The predicted octanol–water partition coefficient (Wildman–Crippen LogP) is 1.50. The summed E-state index contributed by atoms with van der Waals surface area (Å²) in [5, 5.41) is 2.92. The van der Waals surface area contributed by atoms with Crippen molar-refractivity contribution in [2.75, 3.05) is 12.8 Å². The van der Waals surface area contributed by atoms with E-state index in [1.807, 2.05) is 20.8 Å². The number of benzene rings is 1. The lowest BCUT2D eigenvalue weighted by atomic mass is 9.94. The van der Waals surface area contributed by atoms with Gasteiger partial charge in [0.15, 0.2) is 9.84 Å². The van der Waals surface area contributed by atoms with Crippen molar-refractivity contribution in [3.8, 4) is 0 Å². The molecule has 118 valence electrons. The van der Waals surface area contributed by atoms with E-state index < -0.39 is 9.84 Å². The Morgan fingerprint density at radius 1 is 1.19 bits per heavy atom. The number of sulfone groups is 1. The van der Waals surface area contributed by atoms with Gasteiger partial charge in [-0.2, -0.15) is 0 Å². The predicted molar refractivity (Wildman–Crippen MR) is 83.5 cm³/mol. The lowest BCUT2D eigenvalue weighted by Crippen LogP contribution is -2.39. The van der Waals surface area contributed by atoms with Crippen LogP contribution in [-0.2, 0) is 14.6 Å². The van der Waals surface area contributed by atoms with Gasteiger partial charge in [0.2, 0.25) is 5.91 Å². The first kappa shape index (κ1) is 17.7. The van der Waals surface area contributed by atoms with Gasteiger partial charge in [-0.1, -0.05) is 26.0 Å². The van der Waals surface area contributed by atoms with E-state index in [1.54, 1.807) is 24.3 Å². The molecule has 3 N–H and O–H groups in total. The maximum atomic E-state index is 12.1. The highest BCUT2D eigenvalue weighted by Gasteiger charge is 2.22. The zero-order valence-corrected chi connectivity index (χ0v) is 13.8. The molecule has 2 atom stereocenters. The monoisotopic (exact) mass is 312 g/mol. The molecule has 1 rings (SSSR count). The normalized spacial score (nSPS) is 14.8. The minimum Gasteiger partial charge on any atom is -0.349 e. The van der Waals surface area contributed by atoms with Crippen molar-refractivity contribution in [2.24, 2.45) is 17.6 Å².